The van der Waals surface area contributed by atoms with E-state index in [-0.39, 0.29) is 12.4 Å². The highest BCUT2D eigenvalue weighted by molar-refractivity contribution is 5.85. The van der Waals surface area contributed by atoms with Gasteiger partial charge in [0.05, 0.1) is 11.6 Å². The maximum Gasteiger partial charge on any atom is 0.0991 e. The first-order chi connectivity index (χ1) is 8.76. The predicted octanol–water partition coefficient (Wildman–Crippen LogP) is 2.15. The van der Waals surface area contributed by atoms with Gasteiger partial charge in [-0.05, 0) is 42.4 Å². The van der Waals surface area contributed by atoms with Crippen molar-refractivity contribution in [3.8, 4) is 6.07 Å². The van der Waals surface area contributed by atoms with Crippen molar-refractivity contribution in [2.24, 2.45) is 17.6 Å². The minimum absolute atomic E-state index is 0. The third-order valence-corrected chi connectivity index (χ3v) is 4.48. The van der Waals surface area contributed by atoms with E-state index >= 15 is 0 Å². The molecular formula is C15H20ClN3. The van der Waals surface area contributed by atoms with Gasteiger partial charge in [0.1, 0.15) is 0 Å². The van der Waals surface area contributed by atoms with Gasteiger partial charge >= 0.3 is 0 Å². The minimum Gasteiger partial charge on any atom is -0.327 e. The van der Waals surface area contributed by atoms with Crippen LogP contribution in [0.25, 0.3) is 0 Å². The van der Waals surface area contributed by atoms with E-state index in [1.807, 2.05) is 12.1 Å². The zero-order valence-corrected chi connectivity index (χ0v) is 11.8. The Hall–Kier alpha value is -1.08. The number of nitrogens with zero attached hydrogens (tertiary/aromatic N) is 2. The smallest absolute Gasteiger partial charge is 0.0991 e. The summed E-state index contributed by atoms with van der Waals surface area (Å²) >= 11 is 0. The zero-order valence-electron chi connectivity index (χ0n) is 11.0. The second-order valence-corrected chi connectivity index (χ2v) is 5.67. The number of hydrogen-bond donors (Lipinski definition) is 1. The van der Waals surface area contributed by atoms with Gasteiger partial charge in [-0.1, -0.05) is 12.1 Å². The van der Waals surface area contributed by atoms with Crippen molar-refractivity contribution >= 4 is 12.4 Å². The van der Waals surface area contributed by atoms with Crippen molar-refractivity contribution in [3.63, 3.8) is 0 Å². The lowest BCUT2D eigenvalue weighted by molar-refractivity contribution is 0.298. The van der Waals surface area contributed by atoms with Gasteiger partial charge in [-0.25, -0.2) is 0 Å². The van der Waals surface area contributed by atoms with Crippen LogP contribution in [0.5, 0.6) is 0 Å². The highest BCUT2D eigenvalue weighted by atomic mass is 35.5. The minimum atomic E-state index is 0. The Labute approximate surface area is 120 Å². The van der Waals surface area contributed by atoms with Crippen LogP contribution in [0.1, 0.15) is 24.0 Å². The fourth-order valence-corrected chi connectivity index (χ4v) is 3.47. The van der Waals surface area contributed by atoms with Crippen LogP contribution in [0.15, 0.2) is 24.3 Å². The number of nitrogens with two attached hydrogens (primary N) is 1. The summed E-state index contributed by atoms with van der Waals surface area (Å²) in [5.74, 6) is 1.53. The van der Waals surface area contributed by atoms with Crippen molar-refractivity contribution in [2.45, 2.75) is 25.4 Å². The molecule has 1 aliphatic heterocycles. The topological polar surface area (TPSA) is 53.0 Å². The molecule has 2 fully saturated rings. The van der Waals surface area contributed by atoms with E-state index < -0.39 is 0 Å². The third kappa shape index (κ3) is 2.92. The normalized spacial score (nSPS) is 29.6. The van der Waals surface area contributed by atoms with Gasteiger partial charge in [-0.15, -0.1) is 12.4 Å². The Bertz CT molecular complexity index is 465. The van der Waals surface area contributed by atoms with Crippen molar-refractivity contribution < 1.29 is 0 Å². The Kier molecular flexibility index (Phi) is 4.46. The molecule has 1 aromatic rings. The predicted molar refractivity (Wildman–Crippen MR) is 77.9 cm³/mol. The van der Waals surface area contributed by atoms with Crippen LogP contribution in [0, 0.1) is 23.2 Å². The molecule has 1 saturated carbocycles. The van der Waals surface area contributed by atoms with Crippen LogP contribution in [0.4, 0.5) is 0 Å². The van der Waals surface area contributed by atoms with Crippen molar-refractivity contribution in [3.05, 3.63) is 35.4 Å². The summed E-state index contributed by atoms with van der Waals surface area (Å²) < 4.78 is 0. The van der Waals surface area contributed by atoms with Crippen molar-refractivity contribution in [2.75, 3.05) is 13.1 Å². The van der Waals surface area contributed by atoms with Crippen LogP contribution in [0.2, 0.25) is 0 Å². The van der Waals surface area contributed by atoms with Gasteiger partial charge in [-0.3, -0.25) is 4.90 Å². The molecule has 0 aromatic heterocycles. The summed E-state index contributed by atoms with van der Waals surface area (Å²) in [4.78, 5) is 2.51. The van der Waals surface area contributed by atoms with E-state index in [1.54, 1.807) is 0 Å². The lowest BCUT2D eigenvalue weighted by Gasteiger charge is -2.18. The highest BCUT2D eigenvalue weighted by Crippen LogP contribution is 2.37. The molecular weight excluding hydrogens is 258 g/mol. The summed E-state index contributed by atoms with van der Waals surface area (Å²) in [6.07, 6.45) is 2.51. The Balaban J connectivity index is 0.00000133. The first kappa shape index (κ1) is 14.3. The molecule has 0 radical (unpaired) electrons. The molecule has 3 nitrogen and oxygen atoms in total. The Morgan fingerprint density at radius 2 is 1.95 bits per heavy atom. The fraction of sp³-hybridized carbons (Fsp3) is 0.533. The summed E-state index contributed by atoms with van der Waals surface area (Å²) in [7, 11) is 0. The van der Waals surface area contributed by atoms with Gasteiger partial charge < -0.3 is 5.73 Å². The van der Waals surface area contributed by atoms with E-state index in [0.717, 1.165) is 24.6 Å². The summed E-state index contributed by atoms with van der Waals surface area (Å²) in [6.45, 7) is 3.33. The number of likely N-dealkylation sites (tertiary alicyclic amines) is 1. The number of hydrogen-bond acceptors (Lipinski definition) is 3. The molecule has 3 unspecified atom stereocenters. The van der Waals surface area contributed by atoms with Crippen LogP contribution < -0.4 is 5.73 Å². The second kappa shape index (κ2) is 5.92. The van der Waals surface area contributed by atoms with Crippen LogP contribution in [-0.4, -0.2) is 24.0 Å². The molecule has 1 saturated heterocycles. The molecule has 2 N–H and O–H groups in total. The molecule has 2 aliphatic rings. The maximum absolute atomic E-state index is 8.78. The molecule has 102 valence electrons. The quantitative estimate of drug-likeness (QED) is 0.901. The molecule has 0 bridgehead atoms. The monoisotopic (exact) mass is 277 g/mol. The van der Waals surface area contributed by atoms with E-state index in [4.69, 9.17) is 11.0 Å². The lowest BCUT2D eigenvalue weighted by Crippen LogP contribution is -2.30. The fourth-order valence-electron chi connectivity index (χ4n) is 3.47. The van der Waals surface area contributed by atoms with Gasteiger partial charge in [0.15, 0.2) is 0 Å². The molecule has 19 heavy (non-hydrogen) atoms. The van der Waals surface area contributed by atoms with Crippen LogP contribution >= 0.6 is 12.4 Å². The van der Waals surface area contributed by atoms with Gasteiger partial charge in [0.25, 0.3) is 0 Å². The molecule has 0 spiro atoms. The molecule has 0 amide bonds. The lowest BCUT2D eigenvalue weighted by atomic mass is 9.98. The number of benzene rings is 1. The third-order valence-electron chi connectivity index (χ3n) is 4.48. The number of rotatable bonds is 2. The van der Waals surface area contributed by atoms with E-state index in [2.05, 4.69) is 23.1 Å². The van der Waals surface area contributed by atoms with E-state index in [0.29, 0.717) is 12.0 Å². The van der Waals surface area contributed by atoms with Crippen molar-refractivity contribution in [1.82, 2.24) is 4.90 Å². The zero-order chi connectivity index (χ0) is 12.5. The molecule has 1 heterocycles. The molecule has 3 rings (SSSR count). The molecule has 3 atom stereocenters. The van der Waals surface area contributed by atoms with E-state index in [1.165, 1.54) is 24.9 Å². The SMILES string of the molecule is Cl.N#Cc1ccc(CN2CC3CCC(N)C3C2)cc1. The molecule has 1 aromatic carbocycles. The number of halogens is 1. The number of fused-ring (bicyclic) bond motifs is 1. The molecule has 1 aliphatic carbocycles. The second-order valence-electron chi connectivity index (χ2n) is 5.67. The van der Waals surface area contributed by atoms with Crippen LogP contribution in [0.3, 0.4) is 0 Å². The Morgan fingerprint density at radius 3 is 2.58 bits per heavy atom. The van der Waals surface area contributed by atoms with E-state index in [9.17, 15) is 0 Å². The average Bonchev–Trinajstić information content (AvgIpc) is 2.93. The molecule has 4 heteroatoms. The largest absolute Gasteiger partial charge is 0.327 e. The standard InChI is InChI=1S/C15H19N3.ClH/c16-7-11-1-3-12(4-2-11)8-18-9-13-5-6-15(17)14(13)10-18;/h1-4,13-15H,5-6,8-10,17H2;1H. The van der Waals surface area contributed by atoms with Gasteiger partial charge in [0.2, 0.25) is 0 Å². The average molecular weight is 278 g/mol. The Morgan fingerprint density at radius 1 is 1.21 bits per heavy atom. The summed E-state index contributed by atoms with van der Waals surface area (Å²) in [5.41, 5.74) is 8.18. The van der Waals surface area contributed by atoms with Gasteiger partial charge in [-0.2, -0.15) is 5.26 Å². The van der Waals surface area contributed by atoms with Crippen LogP contribution in [-0.2, 0) is 6.54 Å². The summed E-state index contributed by atoms with van der Waals surface area (Å²) in [6, 6.07) is 10.5. The van der Waals surface area contributed by atoms with Crippen molar-refractivity contribution in [1.29, 1.82) is 5.26 Å². The first-order valence-corrected chi connectivity index (χ1v) is 6.73. The summed E-state index contributed by atoms with van der Waals surface area (Å²) in [5, 5.41) is 8.78. The maximum atomic E-state index is 8.78. The highest BCUT2D eigenvalue weighted by Gasteiger charge is 2.40. The van der Waals surface area contributed by atoms with Gasteiger partial charge in [0, 0.05) is 25.7 Å². The number of nitriles is 1. The first-order valence-electron chi connectivity index (χ1n) is 6.73.